The molecule has 2 aliphatic heterocycles. The fraction of sp³-hybridized carbons (Fsp3) is 0.316. The second-order valence-corrected chi connectivity index (χ2v) is 6.36. The maximum atomic E-state index is 13.2. The Morgan fingerprint density at radius 2 is 1.63 bits per heavy atom. The number of carbonyl (C=O) groups excluding carboxylic acids is 1. The zero-order valence-corrected chi connectivity index (χ0v) is 14.3. The quantitative estimate of drug-likeness (QED) is 0.803. The molecule has 0 spiro atoms. The summed E-state index contributed by atoms with van der Waals surface area (Å²) < 4.78 is 50.2. The van der Waals surface area contributed by atoms with E-state index >= 15 is 0 Å². The van der Waals surface area contributed by atoms with E-state index in [2.05, 4.69) is 0 Å². The van der Waals surface area contributed by atoms with E-state index in [-0.39, 0.29) is 18.4 Å². The number of hydrogen-bond acceptors (Lipinski definition) is 4. The molecular formula is C19H17F3N2O3. The summed E-state index contributed by atoms with van der Waals surface area (Å²) in [5, 5.41) is 0. The van der Waals surface area contributed by atoms with Gasteiger partial charge in [0.15, 0.2) is 11.5 Å². The lowest BCUT2D eigenvalue weighted by Gasteiger charge is -2.37. The van der Waals surface area contributed by atoms with Crippen LogP contribution in [0.25, 0.3) is 0 Å². The Labute approximate surface area is 153 Å². The van der Waals surface area contributed by atoms with E-state index in [0.717, 1.165) is 6.07 Å². The van der Waals surface area contributed by atoms with E-state index in [4.69, 9.17) is 9.47 Å². The third kappa shape index (κ3) is 3.39. The molecule has 0 unspecified atom stereocenters. The molecule has 2 aromatic carbocycles. The monoisotopic (exact) mass is 378 g/mol. The van der Waals surface area contributed by atoms with Gasteiger partial charge in [-0.05, 0) is 30.3 Å². The Kier molecular flexibility index (Phi) is 4.33. The number of nitrogens with zero attached hydrogens (tertiary/aromatic N) is 2. The molecule has 27 heavy (non-hydrogen) atoms. The molecule has 1 amide bonds. The van der Waals surface area contributed by atoms with Crippen LogP contribution in [0.2, 0.25) is 0 Å². The fourth-order valence-corrected chi connectivity index (χ4v) is 3.35. The van der Waals surface area contributed by atoms with Gasteiger partial charge < -0.3 is 19.3 Å². The van der Waals surface area contributed by atoms with E-state index in [1.807, 2.05) is 0 Å². The maximum absolute atomic E-state index is 13.2. The number of halogens is 3. The highest BCUT2D eigenvalue weighted by Crippen LogP contribution is 2.37. The number of rotatable bonds is 2. The topological polar surface area (TPSA) is 42.0 Å². The van der Waals surface area contributed by atoms with Gasteiger partial charge in [0.05, 0.1) is 5.56 Å². The molecule has 1 fully saturated rings. The predicted octanol–water partition coefficient (Wildman–Crippen LogP) is 3.40. The summed E-state index contributed by atoms with van der Waals surface area (Å²) in [5.41, 5.74) is -0.0240. The lowest BCUT2D eigenvalue weighted by atomic mass is 10.1. The van der Waals surface area contributed by atoms with Crippen LogP contribution in [0, 0.1) is 0 Å². The molecule has 2 aromatic rings. The Balaban J connectivity index is 1.46. The first-order valence-electron chi connectivity index (χ1n) is 8.53. The molecule has 0 saturated carbocycles. The summed E-state index contributed by atoms with van der Waals surface area (Å²) in [6.45, 7) is 1.50. The molecule has 0 atom stereocenters. The number of hydrogen-bond donors (Lipinski definition) is 0. The van der Waals surface area contributed by atoms with Crippen molar-refractivity contribution in [3.8, 4) is 11.5 Å². The van der Waals surface area contributed by atoms with E-state index in [1.54, 1.807) is 34.1 Å². The van der Waals surface area contributed by atoms with Crippen LogP contribution in [-0.4, -0.2) is 43.8 Å². The molecule has 2 aliphatic rings. The van der Waals surface area contributed by atoms with Crippen molar-refractivity contribution in [1.29, 1.82) is 0 Å². The number of fused-ring (bicyclic) bond motifs is 1. The first-order valence-corrected chi connectivity index (χ1v) is 8.53. The van der Waals surface area contributed by atoms with Gasteiger partial charge in [-0.2, -0.15) is 13.2 Å². The Bertz CT molecular complexity index is 862. The van der Waals surface area contributed by atoms with Gasteiger partial charge in [0.2, 0.25) is 6.79 Å². The average molecular weight is 378 g/mol. The highest BCUT2D eigenvalue weighted by atomic mass is 19.4. The second kappa shape index (κ2) is 6.68. The van der Waals surface area contributed by atoms with Crippen LogP contribution in [0.5, 0.6) is 11.5 Å². The average Bonchev–Trinajstić information content (AvgIpc) is 3.15. The predicted molar refractivity (Wildman–Crippen MR) is 92.1 cm³/mol. The van der Waals surface area contributed by atoms with Crippen LogP contribution in [0.4, 0.5) is 18.9 Å². The molecule has 0 aliphatic carbocycles. The number of amides is 1. The van der Waals surface area contributed by atoms with Crippen molar-refractivity contribution in [3.63, 3.8) is 0 Å². The van der Waals surface area contributed by atoms with E-state index in [0.29, 0.717) is 43.2 Å². The lowest BCUT2D eigenvalue weighted by molar-refractivity contribution is -0.137. The molecule has 5 nitrogen and oxygen atoms in total. The van der Waals surface area contributed by atoms with Crippen molar-refractivity contribution < 1.29 is 27.4 Å². The van der Waals surface area contributed by atoms with E-state index in [9.17, 15) is 18.0 Å². The second-order valence-electron chi connectivity index (χ2n) is 6.36. The lowest BCUT2D eigenvalue weighted by Crippen LogP contribution is -2.49. The van der Waals surface area contributed by atoms with Crippen LogP contribution in [0.1, 0.15) is 15.9 Å². The molecule has 0 bridgehead atoms. The van der Waals surface area contributed by atoms with Gasteiger partial charge in [0.1, 0.15) is 0 Å². The van der Waals surface area contributed by atoms with Crippen molar-refractivity contribution >= 4 is 11.6 Å². The number of piperazine rings is 1. The molecule has 2 heterocycles. The molecule has 0 radical (unpaired) electrons. The van der Waals surface area contributed by atoms with Crippen molar-refractivity contribution in [2.24, 2.45) is 0 Å². The van der Waals surface area contributed by atoms with Crippen molar-refractivity contribution in [3.05, 3.63) is 53.6 Å². The third-order valence-electron chi connectivity index (χ3n) is 4.74. The number of anilines is 1. The van der Waals surface area contributed by atoms with Gasteiger partial charge in [-0.25, -0.2) is 0 Å². The number of benzene rings is 2. The number of carbonyl (C=O) groups is 1. The van der Waals surface area contributed by atoms with Gasteiger partial charge in [-0.15, -0.1) is 0 Å². The van der Waals surface area contributed by atoms with Gasteiger partial charge in [-0.3, -0.25) is 4.79 Å². The Morgan fingerprint density at radius 3 is 2.37 bits per heavy atom. The third-order valence-corrected chi connectivity index (χ3v) is 4.74. The minimum Gasteiger partial charge on any atom is -0.454 e. The Hall–Kier alpha value is -2.90. The number of para-hydroxylation sites is 1. The molecule has 8 heteroatoms. The summed E-state index contributed by atoms with van der Waals surface area (Å²) in [6, 6.07) is 10.5. The molecular weight excluding hydrogens is 361 g/mol. The van der Waals surface area contributed by atoms with Crippen LogP contribution >= 0.6 is 0 Å². The normalized spacial score (nSPS) is 16.6. The molecule has 0 N–H and O–H groups in total. The minimum atomic E-state index is -4.41. The van der Waals surface area contributed by atoms with Crippen LogP contribution in [0.15, 0.2) is 42.5 Å². The summed E-state index contributed by atoms with van der Waals surface area (Å²) in [4.78, 5) is 16.0. The van der Waals surface area contributed by atoms with Crippen LogP contribution in [0.3, 0.4) is 0 Å². The smallest absolute Gasteiger partial charge is 0.418 e. The van der Waals surface area contributed by atoms with Crippen LogP contribution in [-0.2, 0) is 6.18 Å². The summed E-state index contributed by atoms with van der Waals surface area (Å²) in [7, 11) is 0. The highest BCUT2D eigenvalue weighted by Gasteiger charge is 2.35. The van der Waals surface area contributed by atoms with Crippen molar-refractivity contribution in [2.75, 3.05) is 37.9 Å². The molecule has 0 aromatic heterocycles. The van der Waals surface area contributed by atoms with Gasteiger partial charge in [0, 0.05) is 37.4 Å². The number of ether oxygens (including phenoxy) is 2. The SMILES string of the molecule is O=C(c1ccc2c(c1)OCO2)N1CCN(c2ccccc2C(F)(F)F)CC1. The summed E-state index contributed by atoms with van der Waals surface area (Å²) in [6.07, 6.45) is -4.41. The zero-order valence-electron chi connectivity index (χ0n) is 14.3. The first kappa shape index (κ1) is 17.5. The Morgan fingerprint density at radius 1 is 0.926 bits per heavy atom. The summed E-state index contributed by atoms with van der Waals surface area (Å²) in [5.74, 6) is 0.954. The van der Waals surface area contributed by atoms with Gasteiger partial charge >= 0.3 is 6.18 Å². The zero-order chi connectivity index (χ0) is 19.0. The van der Waals surface area contributed by atoms with Gasteiger partial charge in [0.25, 0.3) is 5.91 Å². The minimum absolute atomic E-state index is 0.129. The standard InChI is InChI=1S/C19H17F3N2O3/c20-19(21,22)14-3-1-2-4-15(14)23-7-9-24(10-8-23)18(25)13-5-6-16-17(11-13)27-12-26-16/h1-6,11H,7-10,12H2. The van der Waals surface area contributed by atoms with Crippen LogP contribution < -0.4 is 14.4 Å². The molecule has 1 saturated heterocycles. The fourth-order valence-electron chi connectivity index (χ4n) is 3.35. The highest BCUT2D eigenvalue weighted by molar-refractivity contribution is 5.95. The van der Waals surface area contributed by atoms with E-state index in [1.165, 1.54) is 12.1 Å². The first-order chi connectivity index (χ1) is 12.9. The summed E-state index contributed by atoms with van der Waals surface area (Å²) >= 11 is 0. The van der Waals surface area contributed by atoms with E-state index < -0.39 is 11.7 Å². The van der Waals surface area contributed by atoms with Gasteiger partial charge in [-0.1, -0.05) is 12.1 Å². The number of alkyl halides is 3. The van der Waals surface area contributed by atoms with Crippen molar-refractivity contribution in [1.82, 2.24) is 4.90 Å². The maximum Gasteiger partial charge on any atom is 0.418 e. The molecule has 4 rings (SSSR count). The largest absolute Gasteiger partial charge is 0.454 e. The van der Waals surface area contributed by atoms with Crippen molar-refractivity contribution in [2.45, 2.75) is 6.18 Å². The molecule has 142 valence electrons.